The highest BCUT2D eigenvalue weighted by atomic mass is 16.6. The SMILES string of the molecule is C=CC(=O)OCCOC(=O)CC1CCC(CC2CCC(CC(=O)OCC3CC4CC3C3CC(COC(=O)CC5CCC(CC)CC5)CC43)CC2)CC1.C=CC(=O)OCCOC(=O)CC1CCC(CC2CCC(CC(=O)OCCCCCCCCC3CCC(CCCCCC)C(CCCCCCCC)C3CCCCCCCCOC(=O)CC3CCC(CC)CC3)CC2)CC1. The quantitative estimate of drug-likeness (QED) is 0.0240. The lowest BCUT2D eigenvalue weighted by atomic mass is 9.61. The number of hydrogen-bond acceptors (Lipinski definition) is 16. The fraction of sp³-hybridized carbons (Fsp3) is 0.893. The zero-order valence-corrected chi connectivity index (χ0v) is 82.1. The van der Waals surface area contributed by atoms with Crippen LogP contribution >= 0.6 is 0 Å². The van der Waals surface area contributed by atoms with E-state index in [-0.39, 0.29) is 62.2 Å². The monoisotopic (exact) mass is 1790 g/mol. The van der Waals surface area contributed by atoms with Gasteiger partial charge >= 0.3 is 47.8 Å². The van der Waals surface area contributed by atoms with Gasteiger partial charge in [0.1, 0.15) is 26.4 Å². The molecule has 0 aromatic carbocycles. The number of fused-ring (bicyclic) bond motifs is 5. The summed E-state index contributed by atoms with van der Waals surface area (Å²) >= 11 is 0. The molecule has 0 aromatic rings. The molecule has 16 nitrogen and oxygen atoms in total. The van der Waals surface area contributed by atoms with Crippen LogP contribution < -0.4 is 0 Å². The molecule has 16 heteroatoms. The van der Waals surface area contributed by atoms with Gasteiger partial charge in [-0.15, -0.1) is 0 Å². The maximum absolute atomic E-state index is 13.0. The lowest BCUT2D eigenvalue weighted by Crippen LogP contribution is -2.35. The lowest BCUT2D eigenvalue weighted by Gasteiger charge is -2.44. The summed E-state index contributed by atoms with van der Waals surface area (Å²) in [5, 5.41) is 0. The van der Waals surface area contributed by atoms with E-state index < -0.39 is 11.9 Å². The molecule has 10 unspecified atom stereocenters. The number of carbonyl (C=O) groups is 8. The third kappa shape index (κ3) is 41.2. The van der Waals surface area contributed by atoms with E-state index in [1.165, 1.54) is 315 Å². The summed E-state index contributed by atoms with van der Waals surface area (Å²) in [5.41, 5.74) is 0. The van der Waals surface area contributed by atoms with Crippen molar-refractivity contribution in [2.24, 2.45) is 130 Å². The van der Waals surface area contributed by atoms with Crippen LogP contribution in [0.5, 0.6) is 0 Å². The van der Waals surface area contributed by atoms with E-state index in [9.17, 15) is 38.4 Å². The topological polar surface area (TPSA) is 210 Å². The second kappa shape index (κ2) is 62.7. The highest BCUT2D eigenvalue weighted by Crippen LogP contribution is 2.62. The van der Waals surface area contributed by atoms with E-state index in [1.54, 1.807) is 0 Å². The van der Waals surface area contributed by atoms with Crippen molar-refractivity contribution in [3.63, 3.8) is 0 Å². The van der Waals surface area contributed by atoms with Gasteiger partial charge in [-0.2, -0.15) is 0 Å². The molecule has 0 heterocycles. The van der Waals surface area contributed by atoms with Gasteiger partial charge in [0.05, 0.1) is 26.4 Å². The standard InChI is InChI=1S/C68H120O8.C44H68O8/c1-5-9-11-13-19-25-31-63-61(29-23-12-10-6-2)45-46-62(64(63)32-26-20-15-17-22-28-48-73-66(70)52-58-35-33-55(7-3)34-36-58)30-24-18-14-16-21-27-47-74-67(71)53-59-41-37-56(38-42-59)51-57-39-43-60(44-40-57)54-68(72)76-50-49-75-65(69)8-4;1-3-29-5-7-32(8-6-29)23-43(47)51-27-35-20-38-36-25-37(39(26-36)40(38)21-35)28-52-44(48)24-34-15-11-31(12-16-34)19-30-9-13-33(14-10-30)22-42(46)50-18-17-49-41(45)4-2/h8,55-64H,4-7,9-54H2,1-3H3;4,29-40H,2-3,5-28H2,1H3. The molecular weight excluding hydrogens is 1600 g/mol. The normalized spacial score (nSPS) is 30.3. The Kier molecular flexibility index (Phi) is 52.4. The third-order valence-corrected chi connectivity index (χ3v) is 34.6. The second-order valence-corrected chi connectivity index (χ2v) is 43.8. The Morgan fingerprint density at radius 3 is 0.875 bits per heavy atom. The predicted molar refractivity (Wildman–Crippen MR) is 512 cm³/mol. The number of hydrogen-bond donors (Lipinski definition) is 0. The first kappa shape index (κ1) is 107. The van der Waals surface area contributed by atoms with Crippen LogP contribution in [0.3, 0.4) is 0 Å². The summed E-state index contributed by atoms with van der Waals surface area (Å²) in [5.74, 6) is 13.9. The number of unbranched alkanes of at least 4 members (excludes halogenated alkanes) is 18. The molecule has 0 N–H and O–H groups in total. The van der Waals surface area contributed by atoms with Crippen molar-refractivity contribution in [1.82, 2.24) is 0 Å². The first-order valence-corrected chi connectivity index (χ1v) is 55.0. The molecule has 0 aromatic heterocycles. The van der Waals surface area contributed by atoms with Crippen molar-refractivity contribution >= 4 is 47.8 Å². The zero-order valence-electron chi connectivity index (χ0n) is 82.1. The fourth-order valence-corrected chi connectivity index (χ4v) is 26.8. The molecule has 128 heavy (non-hydrogen) atoms. The average Bonchev–Trinajstić information content (AvgIpc) is 1.59. The van der Waals surface area contributed by atoms with Gasteiger partial charge in [0.2, 0.25) is 0 Å². The van der Waals surface area contributed by atoms with Crippen molar-refractivity contribution in [2.75, 3.05) is 52.9 Å². The fourth-order valence-electron chi connectivity index (χ4n) is 26.8. The number of ether oxygens (including phenoxy) is 8. The smallest absolute Gasteiger partial charge is 0.330 e. The Morgan fingerprint density at radius 1 is 0.242 bits per heavy atom. The summed E-state index contributed by atoms with van der Waals surface area (Å²) < 4.78 is 43.6. The Morgan fingerprint density at radius 2 is 0.523 bits per heavy atom. The van der Waals surface area contributed by atoms with Gasteiger partial charge in [0.25, 0.3) is 0 Å². The zero-order chi connectivity index (χ0) is 90.7. The molecule has 732 valence electrons. The lowest BCUT2D eigenvalue weighted by molar-refractivity contribution is -0.150. The molecule has 10 aliphatic carbocycles. The van der Waals surface area contributed by atoms with Crippen LogP contribution in [-0.4, -0.2) is 101 Å². The molecule has 10 saturated carbocycles. The van der Waals surface area contributed by atoms with Gasteiger partial charge in [-0.3, -0.25) is 28.8 Å². The molecule has 10 fully saturated rings. The number of carbonyl (C=O) groups excluding carboxylic acids is 8. The van der Waals surface area contributed by atoms with Gasteiger partial charge in [-0.05, 0) is 284 Å². The molecule has 10 atom stereocenters. The Labute approximate surface area is 779 Å². The maximum Gasteiger partial charge on any atom is 0.330 e. The van der Waals surface area contributed by atoms with Crippen LogP contribution in [0.4, 0.5) is 0 Å². The molecular formula is C112H188O16. The van der Waals surface area contributed by atoms with E-state index >= 15 is 0 Å². The summed E-state index contributed by atoms with van der Waals surface area (Å²) in [6.07, 6.45) is 81.8. The molecule has 2 bridgehead atoms. The maximum atomic E-state index is 13.0. The summed E-state index contributed by atoms with van der Waals surface area (Å²) in [6, 6.07) is 0. The van der Waals surface area contributed by atoms with Gasteiger partial charge < -0.3 is 37.9 Å². The van der Waals surface area contributed by atoms with Crippen LogP contribution in [0.2, 0.25) is 0 Å². The van der Waals surface area contributed by atoms with Crippen molar-refractivity contribution in [1.29, 1.82) is 0 Å². The molecule has 0 spiro atoms. The number of esters is 8. The van der Waals surface area contributed by atoms with Gasteiger partial charge in [0, 0.05) is 50.7 Å². The van der Waals surface area contributed by atoms with E-state index in [0.29, 0.717) is 118 Å². The van der Waals surface area contributed by atoms with Crippen molar-refractivity contribution < 1.29 is 76.3 Å². The summed E-state index contributed by atoms with van der Waals surface area (Å²) in [6.45, 7) is 18.7. The van der Waals surface area contributed by atoms with E-state index in [0.717, 1.165) is 160 Å². The molecule has 0 radical (unpaired) electrons. The Balaban J connectivity index is 0.000000309. The molecule has 0 saturated heterocycles. The average molecular weight is 1790 g/mol. The molecule has 0 aliphatic heterocycles. The third-order valence-electron chi connectivity index (χ3n) is 34.6. The minimum Gasteiger partial charge on any atom is -0.466 e. The van der Waals surface area contributed by atoms with Crippen LogP contribution in [0.25, 0.3) is 0 Å². The van der Waals surface area contributed by atoms with Crippen molar-refractivity contribution in [3.8, 4) is 0 Å². The highest BCUT2D eigenvalue weighted by Gasteiger charge is 2.56. The molecule has 0 amide bonds. The molecule has 10 aliphatic rings. The predicted octanol–water partition coefficient (Wildman–Crippen LogP) is 28.2. The number of rotatable bonds is 60. The largest absolute Gasteiger partial charge is 0.466 e. The van der Waals surface area contributed by atoms with Crippen LogP contribution in [-0.2, 0) is 76.3 Å². The van der Waals surface area contributed by atoms with Gasteiger partial charge in [0.15, 0.2) is 0 Å². The first-order chi connectivity index (χ1) is 62.5. The summed E-state index contributed by atoms with van der Waals surface area (Å²) in [7, 11) is 0. The van der Waals surface area contributed by atoms with E-state index in [2.05, 4.69) is 40.9 Å². The van der Waals surface area contributed by atoms with Crippen LogP contribution in [0.1, 0.15) is 451 Å². The van der Waals surface area contributed by atoms with Gasteiger partial charge in [-0.1, -0.05) is 272 Å². The van der Waals surface area contributed by atoms with E-state index in [1.807, 2.05) is 0 Å². The van der Waals surface area contributed by atoms with Crippen LogP contribution in [0.15, 0.2) is 25.3 Å². The van der Waals surface area contributed by atoms with E-state index in [4.69, 9.17) is 37.9 Å². The van der Waals surface area contributed by atoms with Crippen molar-refractivity contribution in [3.05, 3.63) is 25.3 Å². The van der Waals surface area contributed by atoms with Gasteiger partial charge in [-0.25, -0.2) is 9.59 Å². The Bertz CT molecular complexity index is 3080. The minimum atomic E-state index is -0.504. The first-order valence-electron chi connectivity index (χ1n) is 55.0. The minimum absolute atomic E-state index is 0.0109. The van der Waals surface area contributed by atoms with Crippen molar-refractivity contribution in [2.45, 2.75) is 451 Å². The Hall–Kier alpha value is -4.76. The second-order valence-electron chi connectivity index (χ2n) is 43.8. The van der Waals surface area contributed by atoms with Crippen LogP contribution in [0, 0.1) is 130 Å². The summed E-state index contributed by atoms with van der Waals surface area (Å²) in [4.78, 5) is 97.7. The highest BCUT2D eigenvalue weighted by molar-refractivity contribution is 5.81. The molecule has 10 rings (SSSR count).